The van der Waals surface area contributed by atoms with Crippen molar-refractivity contribution in [3.05, 3.63) is 40.8 Å². The first-order valence-corrected chi connectivity index (χ1v) is 8.94. The van der Waals surface area contributed by atoms with E-state index in [4.69, 9.17) is 9.72 Å². The summed E-state index contributed by atoms with van der Waals surface area (Å²) in [6.45, 7) is 3.39. The lowest BCUT2D eigenvalue weighted by Gasteiger charge is -2.35. The minimum Gasteiger partial charge on any atom is -0.494 e. The summed E-state index contributed by atoms with van der Waals surface area (Å²) < 4.78 is 7.88. The Morgan fingerprint density at radius 1 is 1.16 bits per heavy atom. The van der Waals surface area contributed by atoms with Crippen LogP contribution in [0, 0.1) is 0 Å². The lowest BCUT2D eigenvalue weighted by Crippen LogP contribution is -2.47. The number of para-hydroxylation sites is 1. The second-order valence-corrected chi connectivity index (χ2v) is 6.96. The zero-order valence-corrected chi connectivity index (χ0v) is 15.0. The van der Waals surface area contributed by atoms with Crippen molar-refractivity contribution in [3.8, 4) is 5.75 Å². The number of piperazine rings is 1. The van der Waals surface area contributed by atoms with Crippen LogP contribution in [0.3, 0.4) is 0 Å². The fraction of sp³-hybridized carbons (Fsp3) is 0.353. The first-order valence-electron chi connectivity index (χ1n) is 8.12. The number of aryl methyl sites for hydroxylation is 1. The van der Waals surface area contributed by atoms with Gasteiger partial charge in [-0.05, 0) is 12.1 Å². The monoisotopic (exact) mass is 357 g/mol. The van der Waals surface area contributed by atoms with E-state index in [9.17, 15) is 4.79 Å². The highest BCUT2D eigenvalue weighted by Gasteiger charge is 2.21. The predicted octanol–water partition coefficient (Wildman–Crippen LogP) is 1.73. The molecule has 1 aliphatic heterocycles. The van der Waals surface area contributed by atoms with Gasteiger partial charge in [0.05, 0.1) is 23.7 Å². The molecule has 7 nitrogen and oxygen atoms in total. The number of ether oxygens (including phenoxy) is 1. The Morgan fingerprint density at radius 3 is 2.64 bits per heavy atom. The van der Waals surface area contributed by atoms with Crippen molar-refractivity contribution >= 4 is 32.4 Å². The van der Waals surface area contributed by atoms with Gasteiger partial charge in [-0.3, -0.25) is 4.79 Å². The number of benzene rings is 1. The maximum Gasteiger partial charge on any atom is 0.268 e. The number of rotatable bonds is 3. The molecule has 0 aliphatic carbocycles. The molecule has 1 aromatic carbocycles. The highest BCUT2D eigenvalue weighted by atomic mass is 32.1. The molecule has 1 fully saturated rings. The maximum atomic E-state index is 11.8. The van der Waals surface area contributed by atoms with Gasteiger partial charge in [-0.25, -0.2) is 9.67 Å². The van der Waals surface area contributed by atoms with Crippen LogP contribution in [0.4, 0.5) is 10.8 Å². The van der Waals surface area contributed by atoms with Gasteiger partial charge in [0.15, 0.2) is 5.13 Å². The Kier molecular flexibility index (Phi) is 4.04. The highest BCUT2D eigenvalue weighted by molar-refractivity contribution is 7.22. The fourth-order valence-corrected chi connectivity index (χ4v) is 4.04. The average molecular weight is 357 g/mol. The van der Waals surface area contributed by atoms with Crippen LogP contribution in [0.1, 0.15) is 0 Å². The molecule has 1 aliphatic rings. The molecule has 3 aromatic rings. The van der Waals surface area contributed by atoms with Gasteiger partial charge in [0, 0.05) is 39.3 Å². The lowest BCUT2D eigenvalue weighted by atomic mass is 10.3. The zero-order chi connectivity index (χ0) is 17.4. The molecule has 0 unspecified atom stereocenters. The number of hydrogen-bond donors (Lipinski definition) is 0. The molecule has 0 saturated carbocycles. The molecule has 0 amide bonds. The van der Waals surface area contributed by atoms with Crippen LogP contribution in [0.5, 0.6) is 5.75 Å². The molecule has 1 saturated heterocycles. The maximum absolute atomic E-state index is 11.8. The first kappa shape index (κ1) is 15.9. The summed E-state index contributed by atoms with van der Waals surface area (Å²) in [5.74, 6) is 0.810. The van der Waals surface area contributed by atoms with Gasteiger partial charge in [0.1, 0.15) is 11.3 Å². The summed E-state index contributed by atoms with van der Waals surface area (Å²) in [6.07, 6.45) is 1.75. The predicted molar refractivity (Wildman–Crippen MR) is 100 cm³/mol. The second-order valence-electron chi connectivity index (χ2n) is 5.95. The molecule has 0 bridgehead atoms. The summed E-state index contributed by atoms with van der Waals surface area (Å²) in [6, 6.07) is 7.64. The van der Waals surface area contributed by atoms with Gasteiger partial charge in [0.25, 0.3) is 5.56 Å². The van der Waals surface area contributed by atoms with Crippen molar-refractivity contribution in [2.45, 2.75) is 0 Å². The topological polar surface area (TPSA) is 63.5 Å². The fourth-order valence-electron chi connectivity index (χ4n) is 3.00. The van der Waals surface area contributed by atoms with Crippen LogP contribution in [0.25, 0.3) is 10.2 Å². The summed E-state index contributed by atoms with van der Waals surface area (Å²) in [4.78, 5) is 21.0. The summed E-state index contributed by atoms with van der Waals surface area (Å²) in [7, 11) is 3.33. The molecular weight excluding hydrogens is 338 g/mol. The van der Waals surface area contributed by atoms with Crippen molar-refractivity contribution in [3.63, 3.8) is 0 Å². The summed E-state index contributed by atoms with van der Waals surface area (Å²) in [5.41, 5.74) is 1.72. The third-order valence-electron chi connectivity index (χ3n) is 4.46. The molecule has 0 spiro atoms. The van der Waals surface area contributed by atoms with Crippen LogP contribution in [0.2, 0.25) is 0 Å². The van der Waals surface area contributed by atoms with Gasteiger partial charge in [-0.15, -0.1) is 0 Å². The van der Waals surface area contributed by atoms with Gasteiger partial charge in [-0.1, -0.05) is 17.4 Å². The number of aromatic nitrogens is 3. The number of nitrogens with zero attached hydrogens (tertiary/aromatic N) is 5. The average Bonchev–Trinajstić information content (AvgIpc) is 3.08. The summed E-state index contributed by atoms with van der Waals surface area (Å²) >= 11 is 1.69. The molecular formula is C17H19N5O2S. The van der Waals surface area contributed by atoms with Crippen LogP contribution < -0.4 is 20.1 Å². The van der Waals surface area contributed by atoms with Crippen LogP contribution in [0.15, 0.2) is 35.3 Å². The van der Waals surface area contributed by atoms with Gasteiger partial charge >= 0.3 is 0 Å². The van der Waals surface area contributed by atoms with E-state index in [1.54, 1.807) is 37.8 Å². The first-order chi connectivity index (χ1) is 12.2. The minimum atomic E-state index is -0.0850. The van der Waals surface area contributed by atoms with Crippen molar-refractivity contribution < 1.29 is 4.74 Å². The van der Waals surface area contributed by atoms with E-state index in [0.29, 0.717) is 0 Å². The van der Waals surface area contributed by atoms with Crippen molar-refractivity contribution in [2.75, 3.05) is 43.1 Å². The Hall–Kier alpha value is -2.61. The Morgan fingerprint density at radius 2 is 1.92 bits per heavy atom. The number of anilines is 2. The molecule has 3 heterocycles. The molecule has 0 atom stereocenters. The number of hydrogen-bond acceptors (Lipinski definition) is 7. The van der Waals surface area contributed by atoms with E-state index in [1.807, 2.05) is 12.1 Å². The summed E-state index contributed by atoms with van der Waals surface area (Å²) in [5, 5.41) is 5.12. The van der Waals surface area contributed by atoms with E-state index in [-0.39, 0.29) is 5.56 Å². The van der Waals surface area contributed by atoms with E-state index >= 15 is 0 Å². The van der Waals surface area contributed by atoms with Crippen LogP contribution in [-0.4, -0.2) is 48.1 Å². The normalized spacial score (nSPS) is 15.0. The quantitative estimate of drug-likeness (QED) is 0.711. The lowest BCUT2D eigenvalue weighted by molar-refractivity contribution is 0.419. The number of thiazole rings is 1. The minimum absolute atomic E-state index is 0.0850. The third-order valence-corrected chi connectivity index (χ3v) is 5.54. The molecule has 4 rings (SSSR count). The zero-order valence-electron chi connectivity index (χ0n) is 14.2. The SMILES string of the molecule is COc1cccc2sc(N3CCN(c4cnn(C)c(=O)c4)CC3)nc12. The Labute approximate surface area is 149 Å². The number of fused-ring (bicyclic) bond motifs is 1. The number of methoxy groups -OCH3 is 1. The van der Waals surface area contributed by atoms with Gasteiger partial charge in [0.2, 0.25) is 0 Å². The van der Waals surface area contributed by atoms with E-state index in [1.165, 1.54) is 4.68 Å². The van der Waals surface area contributed by atoms with Crippen LogP contribution >= 0.6 is 11.3 Å². The van der Waals surface area contributed by atoms with Crippen LogP contribution in [-0.2, 0) is 7.05 Å². The molecule has 0 N–H and O–H groups in total. The molecule has 0 radical (unpaired) electrons. The molecule has 25 heavy (non-hydrogen) atoms. The van der Waals surface area contributed by atoms with Crippen molar-refractivity contribution in [2.24, 2.45) is 7.05 Å². The van der Waals surface area contributed by atoms with E-state index in [0.717, 1.165) is 53.0 Å². The highest BCUT2D eigenvalue weighted by Crippen LogP contribution is 2.34. The molecule has 130 valence electrons. The largest absolute Gasteiger partial charge is 0.494 e. The Bertz CT molecular complexity index is 959. The second kappa shape index (κ2) is 6.36. The van der Waals surface area contributed by atoms with Crippen molar-refractivity contribution in [1.82, 2.24) is 14.8 Å². The third kappa shape index (κ3) is 2.93. The van der Waals surface area contributed by atoms with Gasteiger partial charge < -0.3 is 14.5 Å². The van der Waals surface area contributed by atoms with E-state index in [2.05, 4.69) is 21.0 Å². The molecule has 2 aromatic heterocycles. The van der Waals surface area contributed by atoms with Crippen molar-refractivity contribution in [1.29, 1.82) is 0 Å². The standard InChI is InChI=1S/C17H19N5O2S/c1-20-15(23)10-12(11-18-20)21-6-8-22(9-7-21)17-19-16-13(24-2)4-3-5-14(16)25-17/h3-5,10-11H,6-9H2,1-2H3. The molecule has 8 heteroatoms. The smallest absolute Gasteiger partial charge is 0.268 e. The Balaban J connectivity index is 1.52. The van der Waals surface area contributed by atoms with E-state index < -0.39 is 0 Å². The van der Waals surface area contributed by atoms with Gasteiger partial charge in [-0.2, -0.15) is 5.10 Å².